The zero-order valence-electron chi connectivity index (χ0n) is 18.0. The Bertz CT molecular complexity index is 1010. The molecule has 0 aliphatic heterocycles. The maximum Gasteiger partial charge on any atom is 0.306 e. The van der Waals surface area contributed by atoms with Gasteiger partial charge in [-0.05, 0) is 24.6 Å². The molecule has 0 N–H and O–H groups in total. The highest BCUT2D eigenvalue weighted by molar-refractivity contribution is 7.79. The van der Waals surface area contributed by atoms with Crippen molar-refractivity contribution in [3.8, 4) is 11.5 Å². The summed E-state index contributed by atoms with van der Waals surface area (Å²) in [6.07, 6.45) is -0.0234. The van der Waals surface area contributed by atoms with Gasteiger partial charge in [0, 0.05) is 10.6 Å². The van der Waals surface area contributed by atoms with Crippen LogP contribution >= 0.6 is 7.14 Å². The molecule has 6 heteroatoms. The number of methoxy groups -OCH3 is 2. The van der Waals surface area contributed by atoms with E-state index in [1.54, 1.807) is 33.3 Å². The SMILES string of the molecule is CCOC(=O)C[C@@H](c1ccc(OC)c(OC)c1)P(=O)(c1ccccc1)c1ccccc1. The van der Waals surface area contributed by atoms with Gasteiger partial charge in [-0.15, -0.1) is 0 Å². The number of carbonyl (C=O) groups excluding carboxylic acids is 1. The summed E-state index contributed by atoms with van der Waals surface area (Å²) in [6.45, 7) is 2.02. The highest BCUT2D eigenvalue weighted by atomic mass is 31.2. The first-order valence-corrected chi connectivity index (χ1v) is 11.9. The Labute approximate surface area is 183 Å². The Morgan fingerprint density at radius 1 is 0.839 bits per heavy atom. The van der Waals surface area contributed by atoms with Crippen molar-refractivity contribution in [2.75, 3.05) is 20.8 Å². The zero-order valence-corrected chi connectivity index (χ0v) is 18.9. The van der Waals surface area contributed by atoms with E-state index >= 15 is 0 Å². The molecule has 0 saturated carbocycles. The normalized spacial score (nSPS) is 12.1. The zero-order chi connectivity index (χ0) is 22.3. The molecule has 3 aromatic rings. The van der Waals surface area contributed by atoms with E-state index in [-0.39, 0.29) is 13.0 Å². The van der Waals surface area contributed by atoms with Gasteiger partial charge in [0.25, 0.3) is 0 Å². The lowest BCUT2D eigenvalue weighted by atomic mass is 10.1. The molecule has 31 heavy (non-hydrogen) atoms. The van der Waals surface area contributed by atoms with E-state index in [1.807, 2.05) is 66.7 Å². The maximum absolute atomic E-state index is 14.9. The van der Waals surface area contributed by atoms with Crippen LogP contribution in [0.25, 0.3) is 0 Å². The molecule has 0 spiro atoms. The molecule has 3 aromatic carbocycles. The highest BCUT2D eigenvalue weighted by Crippen LogP contribution is 2.59. The van der Waals surface area contributed by atoms with Gasteiger partial charge < -0.3 is 18.8 Å². The highest BCUT2D eigenvalue weighted by Gasteiger charge is 2.39. The van der Waals surface area contributed by atoms with Crippen LogP contribution < -0.4 is 20.1 Å². The van der Waals surface area contributed by atoms with Crippen LogP contribution in [0.15, 0.2) is 78.9 Å². The molecule has 0 unspecified atom stereocenters. The van der Waals surface area contributed by atoms with Gasteiger partial charge in [0.05, 0.1) is 32.9 Å². The van der Waals surface area contributed by atoms with Crippen molar-refractivity contribution in [3.05, 3.63) is 84.4 Å². The second-order valence-electron chi connectivity index (χ2n) is 6.97. The smallest absolute Gasteiger partial charge is 0.306 e. The van der Waals surface area contributed by atoms with Gasteiger partial charge in [-0.25, -0.2) is 0 Å². The third-order valence-corrected chi connectivity index (χ3v) is 8.67. The molecule has 0 heterocycles. The number of rotatable bonds is 9. The van der Waals surface area contributed by atoms with Crippen LogP contribution in [0.4, 0.5) is 0 Å². The third-order valence-electron chi connectivity index (χ3n) is 5.18. The molecular weight excluding hydrogens is 411 g/mol. The molecule has 1 atom stereocenters. The second kappa shape index (κ2) is 10.3. The van der Waals surface area contributed by atoms with Gasteiger partial charge in [-0.1, -0.05) is 66.7 Å². The van der Waals surface area contributed by atoms with Gasteiger partial charge in [0.15, 0.2) is 18.6 Å². The summed E-state index contributed by atoms with van der Waals surface area (Å²) in [6, 6.07) is 24.0. The molecule has 3 rings (SSSR count). The largest absolute Gasteiger partial charge is 0.493 e. The molecule has 0 fully saturated rings. The van der Waals surface area contributed by atoms with E-state index in [0.717, 1.165) is 5.56 Å². The predicted molar refractivity (Wildman–Crippen MR) is 123 cm³/mol. The van der Waals surface area contributed by atoms with Crippen molar-refractivity contribution in [1.29, 1.82) is 0 Å². The number of hydrogen-bond acceptors (Lipinski definition) is 5. The fourth-order valence-electron chi connectivity index (χ4n) is 3.70. The van der Waals surface area contributed by atoms with Crippen LogP contribution in [0.1, 0.15) is 24.6 Å². The first-order chi connectivity index (χ1) is 15.0. The van der Waals surface area contributed by atoms with Crippen LogP contribution in [-0.4, -0.2) is 26.8 Å². The minimum absolute atomic E-state index is 0.0234. The van der Waals surface area contributed by atoms with E-state index in [4.69, 9.17) is 14.2 Å². The maximum atomic E-state index is 14.9. The summed E-state index contributed by atoms with van der Waals surface area (Å²) in [7, 11) is -0.171. The number of carbonyl (C=O) groups is 1. The lowest BCUT2D eigenvalue weighted by molar-refractivity contribution is -0.143. The van der Waals surface area contributed by atoms with Crippen molar-refractivity contribution in [3.63, 3.8) is 0 Å². The minimum Gasteiger partial charge on any atom is -0.493 e. The van der Waals surface area contributed by atoms with Gasteiger partial charge in [-0.3, -0.25) is 4.79 Å². The number of ether oxygens (including phenoxy) is 3. The molecule has 0 amide bonds. The van der Waals surface area contributed by atoms with Crippen LogP contribution in [-0.2, 0) is 14.1 Å². The van der Waals surface area contributed by atoms with Gasteiger partial charge >= 0.3 is 5.97 Å². The Morgan fingerprint density at radius 2 is 1.39 bits per heavy atom. The van der Waals surface area contributed by atoms with Crippen molar-refractivity contribution < 1.29 is 23.6 Å². The molecule has 0 bridgehead atoms. The van der Waals surface area contributed by atoms with Crippen LogP contribution in [0.2, 0.25) is 0 Å². The number of benzene rings is 3. The fourth-order valence-corrected chi connectivity index (χ4v) is 6.94. The van der Waals surface area contributed by atoms with Crippen LogP contribution in [0.3, 0.4) is 0 Å². The minimum atomic E-state index is -3.28. The Morgan fingerprint density at radius 3 is 1.87 bits per heavy atom. The summed E-state index contributed by atoms with van der Waals surface area (Å²) in [5.41, 5.74) is 0.0953. The van der Waals surface area contributed by atoms with Crippen LogP contribution in [0, 0.1) is 0 Å². The molecule has 162 valence electrons. The standard InChI is InChI=1S/C25H27O5P/c1-4-30-25(26)18-24(19-15-16-22(28-2)23(17-19)29-3)31(27,20-11-7-5-8-12-20)21-13-9-6-10-14-21/h5-17,24H,4,18H2,1-3H3/t24-/m0/s1. The number of hydrogen-bond donors (Lipinski definition) is 0. The van der Waals surface area contributed by atoms with E-state index in [9.17, 15) is 9.36 Å². The van der Waals surface area contributed by atoms with Crippen LogP contribution in [0.5, 0.6) is 11.5 Å². The van der Waals surface area contributed by atoms with E-state index in [0.29, 0.717) is 22.1 Å². The lowest BCUT2D eigenvalue weighted by Crippen LogP contribution is -2.24. The summed E-state index contributed by atoms with van der Waals surface area (Å²) in [5, 5.41) is 1.37. The first kappa shape index (κ1) is 22.6. The van der Waals surface area contributed by atoms with Crippen molar-refractivity contribution in [2.24, 2.45) is 0 Å². The Kier molecular flexibility index (Phi) is 7.54. The van der Waals surface area contributed by atoms with Gasteiger partial charge in [0.1, 0.15) is 0 Å². The van der Waals surface area contributed by atoms with Gasteiger partial charge in [-0.2, -0.15) is 0 Å². The summed E-state index contributed by atoms with van der Waals surface area (Å²) < 4.78 is 31.0. The summed E-state index contributed by atoms with van der Waals surface area (Å²) in [5.74, 6) is 0.686. The number of esters is 1. The van der Waals surface area contributed by atoms with E-state index < -0.39 is 18.8 Å². The average Bonchev–Trinajstić information content (AvgIpc) is 2.83. The Hall–Kier alpha value is -3.04. The Balaban J connectivity index is 2.24. The fraction of sp³-hybridized carbons (Fsp3) is 0.240. The van der Waals surface area contributed by atoms with E-state index in [1.165, 1.54) is 0 Å². The molecule has 0 aliphatic rings. The van der Waals surface area contributed by atoms with Gasteiger partial charge in [0.2, 0.25) is 0 Å². The van der Waals surface area contributed by atoms with Crippen molar-refractivity contribution in [1.82, 2.24) is 0 Å². The quantitative estimate of drug-likeness (QED) is 0.358. The monoisotopic (exact) mass is 438 g/mol. The third kappa shape index (κ3) is 4.83. The topological polar surface area (TPSA) is 61.8 Å². The molecule has 5 nitrogen and oxygen atoms in total. The summed E-state index contributed by atoms with van der Waals surface area (Å²) in [4.78, 5) is 12.6. The predicted octanol–water partition coefficient (Wildman–Crippen LogP) is 4.71. The molecule has 0 aliphatic carbocycles. The van der Waals surface area contributed by atoms with Crippen molar-refractivity contribution in [2.45, 2.75) is 19.0 Å². The first-order valence-electron chi connectivity index (χ1n) is 10.1. The van der Waals surface area contributed by atoms with E-state index in [2.05, 4.69) is 0 Å². The average molecular weight is 438 g/mol. The molecule has 0 saturated heterocycles. The van der Waals surface area contributed by atoms with Crippen molar-refractivity contribution >= 4 is 23.7 Å². The summed E-state index contributed by atoms with van der Waals surface area (Å²) >= 11 is 0. The molecular formula is C25H27O5P. The molecule has 0 radical (unpaired) electrons. The second-order valence-corrected chi connectivity index (χ2v) is 9.94. The molecule has 0 aromatic heterocycles. The lowest BCUT2D eigenvalue weighted by Gasteiger charge is -2.29.